The highest BCUT2D eigenvalue weighted by Crippen LogP contribution is 2.32. The summed E-state index contributed by atoms with van der Waals surface area (Å²) in [5, 5.41) is 0. The van der Waals surface area contributed by atoms with Crippen LogP contribution in [0.15, 0.2) is 72.9 Å². The smallest absolute Gasteiger partial charge is 0.338 e. The van der Waals surface area contributed by atoms with E-state index in [1.54, 1.807) is 19.2 Å². The first-order valence-electron chi connectivity index (χ1n) is 7.57. The number of rotatable bonds is 4. The van der Waals surface area contributed by atoms with Crippen LogP contribution in [-0.4, -0.2) is 17.6 Å². The second-order valence-electron chi connectivity index (χ2n) is 5.06. The SMILES string of the molecule is CCOC(=O)c1ccc(-c2ccccn2)c(-c2ccccc2)c1. The third kappa shape index (κ3) is 3.29. The minimum Gasteiger partial charge on any atom is -0.462 e. The summed E-state index contributed by atoms with van der Waals surface area (Å²) in [4.78, 5) is 16.5. The van der Waals surface area contributed by atoms with Crippen molar-refractivity contribution in [3.8, 4) is 22.4 Å². The second-order valence-corrected chi connectivity index (χ2v) is 5.06. The quantitative estimate of drug-likeness (QED) is 0.662. The van der Waals surface area contributed by atoms with E-state index >= 15 is 0 Å². The second kappa shape index (κ2) is 6.88. The molecule has 0 fully saturated rings. The first-order chi connectivity index (χ1) is 11.3. The normalized spacial score (nSPS) is 10.3. The maximum absolute atomic E-state index is 12.0. The van der Waals surface area contributed by atoms with Gasteiger partial charge in [-0.3, -0.25) is 4.98 Å². The van der Waals surface area contributed by atoms with Gasteiger partial charge in [0.25, 0.3) is 0 Å². The Morgan fingerprint density at radius 1 is 0.957 bits per heavy atom. The molecule has 3 heteroatoms. The van der Waals surface area contributed by atoms with Gasteiger partial charge in [-0.05, 0) is 42.3 Å². The summed E-state index contributed by atoms with van der Waals surface area (Å²) in [6.45, 7) is 2.17. The van der Waals surface area contributed by atoms with Gasteiger partial charge in [0.1, 0.15) is 0 Å². The Hall–Kier alpha value is -2.94. The molecular formula is C20H17NO2. The number of nitrogens with zero attached hydrogens (tertiary/aromatic N) is 1. The number of hydrogen-bond acceptors (Lipinski definition) is 3. The summed E-state index contributed by atoms with van der Waals surface area (Å²) < 4.78 is 5.11. The van der Waals surface area contributed by atoms with Crippen molar-refractivity contribution >= 4 is 5.97 Å². The summed E-state index contributed by atoms with van der Waals surface area (Å²) in [6, 6.07) is 21.4. The van der Waals surface area contributed by atoms with Crippen LogP contribution in [0.2, 0.25) is 0 Å². The van der Waals surface area contributed by atoms with E-state index in [0.29, 0.717) is 12.2 Å². The summed E-state index contributed by atoms with van der Waals surface area (Å²) >= 11 is 0. The van der Waals surface area contributed by atoms with Gasteiger partial charge >= 0.3 is 5.97 Å². The molecule has 0 spiro atoms. The highest BCUT2D eigenvalue weighted by molar-refractivity contribution is 5.94. The third-order valence-electron chi connectivity index (χ3n) is 3.56. The Morgan fingerprint density at radius 3 is 2.43 bits per heavy atom. The van der Waals surface area contributed by atoms with Crippen LogP contribution in [0.4, 0.5) is 0 Å². The van der Waals surface area contributed by atoms with Crippen molar-refractivity contribution in [3.63, 3.8) is 0 Å². The monoisotopic (exact) mass is 303 g/mol. The predicted molar refractivity (Wildman–Crippen MR) is 91.1 cm³/mol. The molecule has 0 N–H and O–H groups in total. The average Bonchev–Trinajstić information content (AvgIpc) is 2.63. The van der Waals surface area contributed by atoms with Crippen LogP contribution >= 0.6 is 0 Å². The number of esters is 1. The van der Waals surface area contributed by atoms with Gasteiger partial charge in [0.2, 0.25) is 0 Å². The van der Waals surface area contributed by atoms with Crippen molar-refractivity contribution in [2.45, 2.75) is 6.92 Å². The molecule has 0 aliphatic carbocycles. The Bertz CT molecular complexity index is 798. The lowest BCUT2D eigenvalue weighted by Crippen LogP contribution is -2.05. The van der Waals surface area contributed by atoms with Gasteiger partial charge in [0.15, 0.2) is 0 Å². The van der Waals surface area contributed by atoms with Crippen molar-refractivity contribution in [1.29, 1.82) is 0 Å². The molecule has 1 aromatic heterocycles. The van der Waals surface area contributed by atoms with Gasteiger partial charge in [0.05, 0.1) is 17.9 Å². The molecule has 0 aliphatic rings. The number of hydrogen-bond donors (Lipinski definition) is 0. The molecule has 0 saturated heterocycles. The van der Waals surface area contributed by atoms with Gasteiger partial charge in [0, 0.05) is 11.8 Å². The van der Waals surface area contributed by atoms with E-state index in [-0.39, 0.29) is 5.97 Å². The lowest BCUT2D eigenvalue weighted by Gasteiger charge is -2.11. The van der Waals surface area contributed by atoms with Crippen molar-refractivity contribution < 1.29 is 9.53 Å². The summed E-state index contributed by atoms with van der Waals surface area (Å²) in [5.74, 6) is -0.308. The number of ether oxygens (including phenoxy) is 1. The van der Waals surface area contributed by atoms with Crippen LogP contribution in [0.5, 0.6) is 0 Å². The Morgan fingerprint density at radius 2 is 1.74 bits per heavy atom. The average molecular weight is 303 g/mol. The minimum absolute atomic E-state index is 0.308. The Balaban J connectivity index is 2.15. The molecule has 0 amide bonds. The summed E-state index contributed by atoms with van der Waals surface area (Å²) in [7, 11) is 0. The van der Waals surface area contributed by atoms with Crippen molar-refractivity contribution in [3.05, 3.63) is 78.5 Å². The predicted octanol–water partition coefficient (Wildman–Crippen LogP) is 4.59. The van der Waals surface area contributed by atoms with Crippen LogP contribution in [0.3, 0.4) is 0 Å². The van der Waals surface area contributed by atoms with E-state index in [1.165, 1.54) is 0 Å². The molecule has 0 bridgehead atoms. The van der Waals surface area contributed by atoms with Gasteiger partial charge in [-0.25, -0.2) is 4.79 Å². The van der Waals surface area contributed by atoms with Gasteiger partial charge in [-0.2, -0.15) is 0 Å². The number of carbonyl (C=O) groups excluding carboxylic acids is 1. The fourth-order valence-electron chi connectivity index (χ4n) is 2.49. The standard InChI is InChI=1S/C20H17NO2/c1-2-23-20(22)16-11-12-17(19-10-6-7-13-21-19)18(14-16)15-8-4-3-5-9-15/h3-14H,2H2,1H3. The molecule has 1 heterocycles. The van der Waals surface area contributed by atoms with Crippen LogP contribution in [0.1, 0.15) is 17.3 Å². The molecular weight excluding hydrogens is 286 g/mol. The summed E-state index contributed by atoms with van der Waals surface area (Å²) in [5.41, 5.74) is 4.42. The Labute approximate surface area is 135 Å². The highest BCUT2D eigenvalue weighted by atomic mass is 16.5. The lowest BCUT2D eigenvalue weighted by molar-refractivity contribution is 0.0526. The van der Waals surface area contributed by atoms with Crippen LogP contribution < -0.4 is 0 Å². The molecule has 0 saturated carbocycles. The topological polar surface area (TPSA) is 39.2 Å². The van der Waals surface area contributed by atoms with E-state index in [2.05, 4.69) is 4.98 Å². The molecule has 0 atom stereocenters. The highest BCUT2D eigenvalue weighted by Gasteiger charge is 2.13. The van der Waals surface area contributed by atoms with E-state index < -0.39 is 0 Å². The zero-order chi connectivity index (χ0) is 16.1. The van der Waals surface area contributed by atoms with Gasteiger partial charge < -0.3 is 4.74 Å². The largest absolute Gasteiger partial charge is 0.462 e. The number of pyridine rings is 1. The van der Waals surface area contributed by atoms with Crippen LogP contribution in [-0.2, 0) is 4.74 Å². The first-order valence-corrected chi connectivity index (χ1v) is 7.57. The molecule has 2 aromatic carbocycles. The van der Waals surface area contributed by atoms with Gasteiger partial charge in [-0.1, -0.05) is 42.5 Å². The van der Waals surface area contributed by atoms with Crippen molar-refractivity contribution in [2.75, 3.05) is 6.61 Å². The maximum atomic E-state index is 12.0. The summed E-state index contributed by atoms with van der Waals surface area (Å²) in [6.07, 6.45) is 1.77. The van der Waals surface area contributed by atoms with Crippen LogP contribution in [0.25, 0.3) is 22.4 Å². The molecule has 3 aromatic rings. The zero-order valence-electron chi connectivity index (χ0n) is 12.9. The molecule has 0 aliphatic heterocycles. The lowest BCUT2D eigenvalue weighted by atomic mass is 9.95. The molecule has 23 heavy (non-hydrogen) atoms. The fourth-order valence-corrected chi connectivity index (χ4v) is 2.49. The number of carbonyl (C=O) groups is 1. The van der Waals surface area contributed by atoms with E-state index in [9.17, 15) is 4.79 Å². The Kier molecular flexibility index (Phi) is 4.48. The van der Waals surface area contributed by atoms with E-state index in [0.717, 1.165) is 22.4 Å². The molecule has 3 nitrogen and oxygen atoms in total. The molecule has 0 radical (unpaired) electrons. The fraction of sp³-hybridized carbons (Fsp3) is 0.100. The first kappa shape index (κ1) is 15.0. The number of aromatic nitrogens is 1. The number of benzene rings is 2. The third-order valence-corrected chi connectivity index (χ3v) is 3.56. The molecule has 3 rings (SSSR count). The van der Waals surface area contributed by atoms with Crippen LogP contribution in [0, 0.1) is 0 Å². The van der Waals surface area contributed by atoms with E-state index in [4.69, 9.17) is 4.74 Å². The molecule has 114 valence electrons. The molecule has 0 unspecified atom stereocenters. The van der Waals surface area contributed by atoms with Gasteiger partial charge in [-0.15, -0.1) is 0 Å². The maximum Gasteiger partial charge on any atom is 0.338 e. The van der Waals surface area contributed by atoms with Crippen molar-refractivity contribution in [2.24, 2.45) is 0 Å². The van der Waals surface area contributed by atoms with Crippen molar-refractivity contribution in [1.82, 2.24) is 4.98 Å². The zero-order valence-corrected chi connectivity index (χ0v) is 12.9. The minimum atomic E-state index is -0.308. The van der Waals surface area contributed by atoms with E-state index in [1.807, 2.05) is 60.7 Å².